The minimum absolute atomic E-state index is 0.629. The van der Waals surface area contributed by atoms with Crippen molar-refractivity contribution < 1.29 is 0 Å². The molecule has 0 fully saturated rings. The lowest BCUT2D eigenvalue weighted by Crippen LogP contribution is -1.93. The maximum atomic E-state index is 2.40. The highest BCUT2D eigenvalue weighted by atomic mass is 127. The van der Waals surface area contributed by atoms with E-state index in [0.717, 1.165) is 0 Å². The number of hydrogen-bond donors (Lipinski definition) is 0. The highest BCUT2D eigenvalue weighted by Crippen LogP contribution is 2.26. The van der Waals surface area contributed by atoms with Crippen LogP contribution < -0.4 is 0 Å². The van der Waals surface area contributed by atoms with Crippen molar-refractivity contribution >= 4 is 67.8 Å². The van der Waals surface area contributed by atoms with Crippen molar-refractivity contribution in [3.8, 4) is 0 Å². The molecule has 0 aromatic heterocycles. The van der Waals surface area contributed by atoms with Crippen LogP contribution in [0.5, 0.6) is 0 Å². The van der Waals surface area contributed by atoms with Gasteiger partial charge in [-0.3, -0.25) is 0 Å². The molecule has 0 unspecified atom stereocenters. The summed E-state index contributed by atoms with van der Waals surface area (Å²) < 4.78 is 4.10. The Labute approximate surface area is 114 Å². The van der Waals surface area contributed by atoms with E-state index in [1.54, 1.807) is 0 Å². The van der Waals surface area contributed by atoms with Gasteiger partial charge in [0.1, 0.15) is 0 Å². The lowest BCUT2D eigenvalue weighted by Gasteiger charge is -2.08. The Balaban J connectivity index is 3.21. The smallest absolute Gasteiger partial charge is 0.0397 e. The molecule has 0 nitrogen and oxygen atoms in total. The highest BCUT2D eigenvalue weighted by molar-refractivity contribution is 14.1. The highest BCUT2D eigenvalue weighted by Gasteiger charge is 2.06. The molecule has 0 saturated carbocycles. The predicted octanol–water partition coefficient (Wildman–Crippen LogP) is 4.62. The summed E-state index contributed by atoms with van der Waals surface area (Å²) in [6, 6.07) is 4.55. The van der Waals surface area contributed by atoms with E-state index in [2.05, 4.69) is 93.8 Å². The number of rotatable bonds is 1. The van der Waals surface area contributed by atoms with E-state index in [0.29, 0.717) is 5.92 Å². The second-order valence-electron chi connectivity index (χ2n) is 2.95. The van der Waals surface area contributed by atoms with Crippen molar-refractivity contribution in [2.75, 3.05) is 0 Å². The number of halogens is 3. The van der Waals surface area contributed by atoms with E-state index in [-0.39, 0.29) is 0 Å². The molecule has 12 heavy (non-hydrogen) atoms. The Morgan fingerprint density at radius 3 is 1.75 bits per heavy atom. The van der Waals surface area contributed by atoms with E-state index in [4.69, 9.17) is 0 Å². The van der Waals surface area contributed by atoms with Crippen LogP contribution in [-0.4, -0.2) is 0 Å². The molecule has 0 atom stereocenters. The zero-order valence-corrected chi connectivity index (χ0v) is 13.3. The van der Waals surface area contributed by atoms with Crippen LogP contribution in [0.3, 0.4) is 0 Å². The van der Waals surface area contributed by atoms with Gasteiger partial charge in [0.05, 0.1) is 0 Å². The maximum absolute atomic E-state index is 2.40. The summed E-state index contributed by atoms with van der Waals surface area (Å²) in [4.78, 5) is 0. The van der Waals surface area contributed by atoms with Gasteiger partial charge >= 0.3 is 0 Å². The molecule has 1 aromatic rings. The summed E-state index contributed by atoms with van der Waals surface area (Å²) in [5.74, 6) is 0.629. The first kappa shape index (κ1) is 11.5. The fraction of sp³-hybridized carbons (Fsp3) is 0.333. The molecule has 0 amide bonds. The van der Waals surface area contributed by atoms with Crippen LogP contribution in [0.15, 0.2) is 12.1 Å². The second-order valence-corrected chi connectivity index (χ2v) is 6.36. The normalized spacial score (nSPS) is 10.8. The summed E-state index contributed by atoms with van der Waals surface area (Å²) in [5, 5.41) is 0. The molecule has 1 aromatic carbocycles. The first-order valence-corrected chi connectivity index (χ1v) is 6.90. The van der Waals surface area contributed by atoms with E-state index >= 15 is 0 Å². The number of benzene rings is 1. The van der Waals surface area contributed by atoms with Gasteiger partial charge in [-0.25, -0.2) is 0 Å². The minimum Gasteiger partial charge on any atom is -0.0587 e. The average molecular weight is 498 g/mol. The molecule has 0 spiro atoms. The third-order valence-electron chi connectivity index (χ3n) is 1.67. The van der Waals surface area contributed by atoms with Crippen molar-refractivity contribution in [1.82, 2.24) is 0 Å². The van der Waals surface area contributed by atoms with Gasteiger partial charge in [0, 0.05) is 10.7 Å². The summed E-state index contributed by atoms with van der Waals surface area (Å²) >= 11 is 7.19. The molecular weight excluding hydrogens is 489 g/mol. The molecule has 0 N–H and O–H groups in total. The predicted molar refractivity (Wildman–Crippen MR) is 78.7 cm³/mol. The lowest BCUT2D eigenvalue weighted by molar-refractivity contribution is 0.863. The molecule has 0 aliphatic heterocycles. The molecular formula is C9H9I3. The van der Waals surface area contributed by atoms with Crippen LogP contribution in [0, 0.1) is 10.7 Å². The van der Waals surface area contributed by atoms with Gasteiger partial charge in [0.25, 0.3) is 0 Å². The van der Waals surface area contributed by atoms with Gasteiger partial charge in [0.15, 0.2) is 0 Å². The van der Waals surface area contributed by atoms with Crippen LogP contribution in [0.25, 0.3) is 0 Å². The molecule has 1 rings (SSSR count). The van der Waals surface area contributed by atoms with E-state index in [9.17, 15) is 0 Å². The average Bonchev–Trinajstić information content (AvgIpc) is 1.99. The molecule has 3 heteroatoms. The van der Waals surface area contributed by atoms with Crippen LogP contribution in [0.1, 0.15) is 25.3 Å². The molecule has 0 aliphatic carbocycles. The quantitative estimate of drug-likeness (QED) is 0.392. The van der Waals surface area contributed by atoms with Crippen LogP contribution in [0.4, 0.5) is 0 Å². The molecule has 0 saturated heterocycles. The van der Waals surface area contributed by atoms with Gasteiger partial charge in [-0.05, 0) is 91.4 Å². The minimum atomic E-state index is 0.629. The summed E-state index contributed by atoms with van der Waals surface area (Å²) in [6.07, 6.45) is 0. The third kappa shape index (κ3) is 2.70. The van der Waals surface area contributed by atoms with E-state index in [1.165, 1.54) is 16.3 Å². The van der Waals surface area contributed by atoms with Gasteiger partial charge in [-0.1, -0.05) is 13.8 Å². The largest absolute Gasteiger partial charge is 0.0587 e. The van der Waals surface area contributed by atoms with Crippen molar-refractivity contribution in [2.24, 2.45) is 0 Å². The van der Waals surface area contributed by atoms with Crippen molar-refractivity contribution in [3.05, 3.63) is 28.4 Å². The Bertz CT molecular complexity index is 269. The van der Waals surface area contributed by atoms with Crippen molar-refractivity contribution in [2.45, 2.75) is 19.8 Å². The topological polar surface area (TPSA) is 0 Å². The van der Waals surface area contributed by atoms with Gasteiger partial charge in [-0.2, -0.15) is 0 Å². The summed E-state index contributed by atoms with van der Waals surface area (Å²) in [6.45, 7) is 4.46. The number of hydrogen-bond acceptors (Lipinski definition) is 0. The van der Waals surface area contributed by atoms with Crippen molar-refractivity contribution in [3.63, 3.8) is 0 Å². The SMILES string of the molecule is CC(C)c1cc(I)c(I)c(I)c1. The Hall–Kier alpha value is 1.41. The Kier molecular flexibility index (Phi) is 4.56. The van der Waals surface area contributed by atoms with Crippen LogP contribution >= 0.6 is 67.8 Å². The zero-order chi connectivity index (χ0) is 9.30. The molecule has 0 aliphatic rings. The molecule has 0 radical (unpaired) electrons. The van der Waals surface area contributed by atoms with Crippen LogP contribution in [-0.2, 0) is 0 Å². The molecule has 0 heterocycles. The summed E-state index contributed by atoms with van der Waals surface area (Å²) in [5.41, 5.74) is 1.43. The summed E-state index contributed by atoms with van der Waals surface area (Å²) in [7, 11) is 0. The maximum Gasteiger partial charge on any atom is 0.0397 e. The van der Waals surface area contributed by atoms with Crippen molar-refractivity contribution in [1.29, 1.82) is 0 Å². The fourth-order valence-electron chi connectivity index (χ4n) is 0.908. The fourth-order valence-corrected chi connectivity index (χ4v) is 3.04. The Morgan fingerprint density at radius 2 is 1.42 bits per heavy atom. The molecule has 66 valence electrons. The van der Waals surface area contributed by atoms with E-state index < -0.39 is 0 Å². The first-order valence-electron chi connectivity index (χ1n) is 3.67. The van der Waals surface area contributed by atoms with Gasteiger partial charge < -0.3 is 0 Å². The Morgan fingerprint density at radius 1 is 1.00 bits per heavy atom. The third-order valence-corrected chi connectivity index (χ3v) is 6.60. The second kappa shape index (κ2) is 4.77. The first-order chi connectivity index (χ1) is 5.52. The van der Waals surface area contributed by atoms with E-state index in [1.807, 2.05) is 0 Å². The zero-order valence-electron chi connectivity index (χ0n) is 6.87. The van der Waals surface area contributed by atoms with Gasteiger partial charge in [-0.15, -0.1) is 0 Å². The lowest BCUT2D eigenvalue weighted by atomic mass is 10.0. The molecule has 0 bridgehead atoms. The standard InChI is InChI=1S/C9H9I3/c1-5(2)6-3-7(10)9(12)8(11)4-6/h3-5H,1-2H3. The van der Waals surface area contributed by atoms with Gasteiger partial charge in [0.2, 0.25) is 0 Å². The monoisotopic (exact) mass is 498 g/mol. The van der Waals surface area contributed by atoms with Crippen LogP contribution in [0.2, 0.25) is 0 Å².